The molecule has 0 radical (unpaired) electrons. The zero-order valence-electron chi connectivity index (χ0n) is 28.4. The minimum atomic E-state index is 1.08. The Hall–Kier alpha value is -1.72. The Balaban J connectivity index is 1.64. The summed E-state index contributed by atoms with van der Waals surface area (Å²) >= 11 is 7.68. The van der Waals surface area contributed by atoms with Gasteiger partial charge in [0.25, 0.3) is 0 Å². The van der Waals surface area contributed by atoms with Gasteiger partial charge in [0.15, 0.2) is 0 Å². The normalized spacial score (nSPS) is 12.2. The summed E-state index contributed by atoms with van der Waals surface area (Å²) in [4.78, 5) is 0. The molecule has 246 valence electrons. The molecule has 3 nitrogen and oxygen atoms in total. The number of unbranched alkanes of at least 4 members (excludes halogenated alkanes) is 15. The molecule has 0 unspecified atom stereocenters. The van der Waals surface area contributed by atoms with Crippen LogP contribution < -0.4 is 0 Å². The molecule has 0 atom stereocenters. The average molecular weight is 740 g/mol. The number of aromatic nitrogens is 3. The smallest absolute Gasteiger partial charge is 0.0922 e. The Labute approximate surface area is 289 Å². The van der Waals surface area contributed by atoms with Gasteiger partial charge < -0.3 is 13.7 Å². The zero-order chi connectivity index (χ0) is 31.6. The van der Waals surface area contributed by atoms with Crippen molar-refractivity contribution >= 4 is 75.7 Å². The Kier molecular flexibility index (Phi) is 13.4. The molecular weight excluding hydrogens is 682 g/mol. The number of hydrogen-bond donors (Lipinski definition) is 0. The fourth-order valence-electron chi connectivity index (χ4n) is 7.59. The van der Waals surface area contributed by atoms with Crippen molar-refractivity contribution in [3.63, 3.8) is 0 Å². The molecule has 0 amide bonds. The van der Waals surface area contributed by atoms with E-state index in [-0.39, 0.29) is 0 Å². The first-order valence-corrected chi connectivity index (χ1v) is 20.1. The molecule has 0 aliphatic carbocycles. The second-order valence-corrected chi connectivity index (χ2v) is 15.3. The number of aryl methyl sites for hydroxylation is 3. The topological polar surface area (TPSA) is 14.8 Å². The third kappa shape index (κ3) is 8.06. The molecule has 45 heavy (non-hydrogen) atoms. The molecule has 0 spiro atoms. The highest BCUT2D eigenvalue weighted by Crippen LogP contribution is 2.43. The van der Waals surface area contributed by atoms with Crippen molar-refractivity contribution in [2.24, 2.45) is 0 Å². The lowest BCUT2D eigenvalue weighted by molar-refractivity contribution is 0.567. The van der Waals surface area contributed by atoms with Crippen LogP contribution in [0, 0.1) is 0 Å². The maximum atomic E-state index is 3.84. The highest BCUT2D eigenvalue weighted by Gasteiger charge is 2.26. The van der Waals surface area contributed by atoms with Gasteiger partial charge in [-0.15, -0.1) is 0 Å². The standard InChI is InChI=1S/C40H57Br2N3/c1-4-7-10-13-16-19-26-43-35-29-31(41)22-24-33(35)37-39(43)40-38(45(37)28-21-18-15-12-9-6-3)34-25-23-32(42)30-36(34)44(40)27-20-17-14-11-8-5-2/h22-25,29-30H,4-21,26-28H2,1-3H3. The monoisotopic (exact) mass is 737 g/mol. The van der Waals surface area contributed by atoms with Gasteiger partial charge in [-0.3, -0.25) is 0 Å². The molecule has 2 aromatic carbocycles. The fraction of sp³-hybridized carbons (Fsp3) is 0.600. The van der Waals surface area contributed by atoms with E-state index in [9.17, 15) is 0 Å². The van der Waals surface area contributed by atoms with Gasteiger partial charge in [0.05, 0.1) is 33.1 Å². The van der Waals surface area contributed by atoms with Crippen molar-refractivity contribution in [1.82, 2.24) is 13.7 Å². The van der Waals surface area contributed by atoms with Gasteiger partial charge in [-0.2, -0.15) is 0 Å². The molecule has 3 heterocycles. The fourth-order valence-corrected chi connectivity index (χ4v) is 8.28. The molecule has 0 aliphatic rings. The van der Waals surface area contributed by atoms with E-state index in [1.54, 1.807) is 0 Å². The second-order valence-electron chi connectivity index (χ2n) is 13.5. The molecule has 0 saturated carbocycles. The Bertz CT molecular complexity index is 1540. The highest BCUT2D eigenvalue weighted by molar-refractivity contribution is 9.10. The van der Waals surface area contributed by atoms with Gasteiger partial charge in [0.1, 0.15) is 0 Å². The van der Waals surface area contributed by atoms with Gasteiger partial charge in [-0.1, -0.05) is 149 Å². The average Bonchev–Trinajstić information content (AvgIpc) is 3.63. The van der Waals surface area contributed by atoms with Crippen molar-refractivity contribution in [1.29, 1.82) is 0 Å². The van der Waals surface area contributed by atoms with Gasteiger partial charge in [0, 0.05) is 39.4 Å². The van der Waals surface area contributed by atoms with Crippen molar-refractivity contribution in [3.8, 4) is 0 Å². The molecule has 5 rings (SSSR count). The van der Waals surface area contributed by atoms with Crippen LogP contribution in [0.4, 0.5) is 0 Å². The summed E-state index contributed by atoms with van der Waals surface area (Å²) in [5.74, 6) is 0. The third-order valence-corrected chi connectivity index (χ3v) is 11.0. The largest absolute Gasteiger partial charge is 0.337 e. The third-order valence-electron chi connectivity index (χ3n) is 9.97. The first-order valence-electron chi connectivity index (χ1n) is 18.5. The van der Waals surface area contributed by atoms with E-state index >= 15 is 0 Å². The van der Waals surface area contributed by atoms with Crippen LogP contribution in [0.15, 0.2) is 45.3 Å². The molecule has 0 saturated heterocycles. The summed E-state index contributed by atoms with van der Waals surface area (Å²) in [6.07, 6.45) is 23.8. The van der Waals surface area contributed by atoms with Crippen molar-refractivity contribution in [3.05, 3.63) is 45.3 Å². The Morgan fingerprint density at radius 1 is 0.400 bits per heavy atom. The first kappa shape index (κ1) is 34.6. The molecule has 3 aromatic heterocycles. The Morgan fingerprint density at radius 3 is 1.11 bits per heavy atom. The van der Waals surface area contributed by atoms with Crippen LogP contribution in [0.3, 0.4) is 0 Å². The van der Waals surface area contributed by atoms with E-state index in [0.717, 1.165) is 19.6 Å². The van der Waals surface area contributed by atoms with Gasteiger partial charge >= 0.3 is 0 Å². The van der Waals surface area contributed by atoms with Crippen LogP contribution in [0.25, 0.3) is 43.9 Å². The van der Waals surface area contributed by atoms with E-state index in [1.165, 1.54) is 168 Å². The second kappa shape index (κ2) is 17.4. The summed E-state index contributed by atoms with van der Waals surface area (Å²) in [6.45, 7) is 10.2. The SMILES string of the molecule is CCCCCCCCn1c2cc(Br)ccc2c2c1c1c(c3ccc(Br)cc3n1CCCCCCCC)n2CCCCCCCC. The van der Waals surface area contributed by atoms with E-state index in [4.69, 9.17) is 0 Å². The predicted molar refractivity (Wildman–Crippen MR) is 206 cm³/mol. The van der Waals surface area contributed by atoms with Gasteiger partial charge in [-0.05, 0) is 55.7 Å². The molecule has 0 N–H and O–H groups in total. The molecule has 5 aromatic rings. The molecule has 0 aliphatic heterocycles. The van der Waals surface area contributed by atoms with Crippen molar-refractivity contribution in [2.75, 3.05) is 0 Å². The van der Waals surface area contributed by atoms with Crippen molar-refractivity contribution in [2.45, 2.75) is 156 Å². The van der Waals surface area contributed by atoms with Crippen LogP contribution in [0.5, 0.6) is 0 Å². The Morgan fingerprint density at radius 2 is 0.733 bits per heavy atom. The van der Waals surface area contributed by atoms with Gasteiger partial charge in [0.2, 0.25) is 0 Å². The lowest BCUT2D eigenvalue weighted by atomic mass is 10.1. The molecule has 0 bridgehead atoms. The number of benzene rings is 2. The predicted octanol–water partition coefficient (Wildman–Crippen LogP) is 14.3. The minimum Gasteiger partial charge on any atom is -0.337 e. The van der Waals surface area contributed by atoms with E-state index < -0.39 is 0 Å². The number of nitrogens with zero attached hydrogens (tertiary/aromatic N) is 3. The van der Waals surface area contributed by atoms with Crippen molar-refractivity contribution < 1.29 is 0 Å². The number of hydrogen-bond acceptors (Lipinski definition) is 0. The maximum absolute atomic E-state index is 3.84. The van der Waals surface area contributed by atoms with Crippen LogP contribution in [0.2, 0.25) is 0 Å². The summed E-state index contributed by atoms with van der Waals surface area (Å²) in [5.41, 5.74) is 8.64. The maximum Gasteiger partial charge on any atom is 0.0922 e. The van der Waals surface area contributed by atoms with E-state index in [1.807, 2.05) is 0 Å². The zero-order valence-corrected chi connectivity index (χ0v) is 31.6. The molecular formula is C40H57Br2N3. The summed E-state index contributed by atoms with van der Waals surface area (Å²) in [5, 5.41) is 2.83. The molecule has 0 fully saturated rings. The van der Waals surface area contributed by atoms with Crippen LogP contribution >= 0.6 is 31.9 Å². The number of halogens is 2. The first-order chi connectivity index (χ1) is 22.1. The van der Waals surface area contributed by atoms with Gasteiger partial charge in [-0.25, -0.2) is 0 Å². The van der Waals surface area contributed by atoms with Crippen LogP contribution in [-0.2, 0) is 19.6 Å². The van der Waals surface area contributed by atoms with E-state index in [0.29, 0.717) is 0 Å². The highest BCUT2D eigenvalue weighted by atomic mass is 79.9. The van der Waals surface area contributed by atoms with Crippen LogP contribution in [-0.4, -0.2) is 13.7 Å². The minimum absolute atomic E-state index is 1.08. The lowest BCUT2D eigenvalue weighted by Gasteiger charge is -2.11. The summed E-state index contributed by atoms with van der Waals surface area (Å²) < 4.78 is 10.5. The lowest BCUT2D eigenvalue weighted by Crippen LogP contribution is -2.02. The summed E-state index contributed by atoms with van der Waals surface area (Å²) in [6, 6.07) is 14.0. The molecule has 5 heteroatoms. The number of rotatable bonds is 21. The van der Waals surface area contributed by atoms with E-state index in [2.05, 4.69) is 103 Å². The van der Waals surface area contributed by atoms with Crippen LogP contribution in [0.1, 0.15) is 136 Å². The number of fused-ring (bicyclic) bond motifs is 7. The quantitative estimate of drug-likeness (QED) is 0.0666. The summed E-state index contributed by atoms with van der Waals surface area (Å²) in [7, 11) is 0.